The van der Waals surface area contributed by atoms with Gasteiger partial charge in [0.2, 0.25) is 0 Å². The molecule has 0 amide bonds. The first kappa shape index (κ1) is 10.5. The fourth-order valence-corrected chi connectivity index (χ4v) is 3.72. The van der Waals surface area contributed by atoms with Gasteiger partial charge in [-0.1, -0.05) is 12.1 Å². The Kier molecular flexibility index (Phi) is 2.98. The van der Waals surface area contributed by atoms with Crippen LogP contribution in [0.2, 0.25) is 0 Å². The number of hydrogen-bond acceptors (Lipinski definition) is 4. The summed E-state index contributed by atoms with van der Waals surface area (Å²) in [5.74, 6) is 0. The van der Waals surface area contributed by atoms with Crippen molar-refractivity contribution in [1.82, 2.24) is 0 Å². The second-order valence-electron chi connectivity index (χ2n) is 2.12. The molecule has 0 aliphatic rings. The lowest BCUT2D eigenvalue weighted by molar-refractivity contribution is 0.482. The minimum atomic E-state index is -4.44. The van der Waals surface area contributed by atoms with E-state index >= 15 is 0 Å². The molecule has 0 saturated carbocycles. The van der Waals surface area contributed by atoms with Gasteiger partial charge in [-0.25, -0.2) is 6.14 Å². The average molecular weight is 316 g/mol. The van der Waals surface area contributed by atoms with Gasteiger partial charge in [0.25, 0.3) is 10.1 Å². The Hall–Kier alpha value is -0.540. The highest BCUT2D eigenvalue weighted by Crippen LogP contribution is 2.24. The highest BCUT2D eigenvalue weighted by molar-refractivity contribution is 14.2. The van der Waals surface area contributed by atoms with Gasteiger partial charge in [-0.2, -0.15) is 8.42 Å². The van der Waals surface area contributed by atoms with E-state index in [4.69, 9.17) is 4.55 Å². The lowest BCUT2D eigenvalue weighted by atomic mass is 10.4. The minimum absolute atomic E-state index is 0.311. The van der Waals surface area contributed by atoms with E-state index in [1.54, 1.807) is 0 Å². The van der Waals surface area contributed by atoms with Gasteiger partial charge in [-0.05, 0) is 12.1 Å². The van der Waals surface area contributed by atoms with Crippen LogP contribution in [0.3, 0.4) is 0 Å². The van der Waals surface area contributed by atoms with Crippen LogP contribution in [0.1, 0.15) is 0 Å². The van der Waals surface area contributed by atoms with Gasteiger partial charge in [0, 0.05) is 0 Å². The topological polar surface area (TPSA) is 88.5 Å². The van der Waals surface area contributed by atoms with E-state index in [-0.39, 0.29) is 3.57 Å². The summed E-state index contributed by atoms with van der Waals surface area (Å²) in [5, 5.41) is 0. The maximum Gasteiger partial charge on any atom is 0.342 e. The zero-order valence-electron chi connectivity index (χ0n) is 6.18. The van der Waals surface area contributed by atoms with Gasteiger partial charge in [0.15, 0.2) is 0 Å². The molecule has 0 aromatic heterocycles. The summed E-state index contributed by atoms with van der Waals surface area (Å²) in [6.07, 6.45) is 0. The summed E-state index contributed by atoms with van der Waals surface area (Å²) < 4.78 is 50.9. The summed E-state index contributed by atoms with van der Waals surface area (Å²) in [4.78, 5) is -0.551. The maximum atomic E-state index is 10.7. The van der Waals surface area contributed by atoms with Gasteiger partial charge in [-0.3, -0.25) is 4.55 Å². The molecule has 0 unspecified atom stereocenters. The van der Waals surface area contributed by atoms with Gasteiger partial charge >= 0.3 is 19.8 Å². The van der Waals surface area contributed by atoms with Crippen molar-refractivity contribution >= 4 is 29.9 Å². The molecule has 1 rings (SSSR count). The van der Waals surface area contributed by atoms with Crippen molar-refractivity contribution in [2.24, 2.45) is 0 Å². The molecule has 0 fully saturated rings. The van der Waals surface area contributed by atoms with Crippen molar-refractivity contribution in [3.8, 4) is 0 Å². The monoisotopic (exact) mass is 316 g/mol. The molecule has 0 saturated heterocycles. The molecule has 0 spiro atoms. The molecule has 0 aliphatic heterocycles. The first-order chi connectivity index (χ1) is 5.93. The molecule has 5 nitrogen and oxygen atoms in total. The molecule has 13 heavy (non-hydrogen) atoms. The fraction of sp³-hybridized carbons (Fsp3) is 0. The second-order valence-corrected chi connectivity index (χ2v) is 5.92. The Morgan fingerprint density at radius 2 is 1.69 bits per heavy atom. The van der Waals surface area contributed by atoms with Crippen LogP contribution in [0.5, 0.6) is 0 Å². The van der Waals surface area contributed by atoms with E-state index in [1.165, 1.54) is 12.1 Å². The van der Waals surface area contributed by atoms with Crippen LogP contribution in [0.15, 0.2) is 29.2 Å². The number of rotatable bonds is 2. The Morgan fingerprint density at radius 1 is 1.15 bits per heavy atom. The molecule has 0 atom stereocenters. The van der Waals surface area contributed by atoms with Crippen molar-refractivity contribution in [3.63, 3.8) is 0 Å². The molecular formula is C6H5IO5S. The Bertz CT molecular complexity index is 480. The molecule has 1 aromatic carbocycles. The quantitative estimate of drug-likeness (QED) is 0.656. The van der Waals surface area contributed by atoms with Crippen molar-refractivity contribution in [3.05, 3.63) is 27.8 Å². The first-order valence-electron chi connectivity index (χ1n) is 3.04. The Balaban J connectivity index is 3.55. The maximum absolute atomic E-state index is 10.7. The normalized spacial score (nSPS) is 11.8. The first-order valence-corrected chi connectivity index (χ1v) is 7.33. The van der Waals surface area contributed by atoms with Crippen molar-refractivity contribution in [1.29, 1.82) is 0 Å². The molecule has 0 aliphatic carbocycles. The standard InChI is InChI=1S/C6H5IO5S/c8-7(9)5-3-1-2-4-6(5)13(10,11)12/h1-4H,(H,10,11,12). The fourth-order valence-electron chi connectivity index (χ4n) is 0.781. The largest absolute Gasteiger partial charge is 0.342 e. The molecule has 1 aromatic rings. The summed E-state index contributed by atoms with van der Waals surface area (Å²) in [6, 6.07) is 4.93. The zero-order chi connectivity index (χ0) is 10.1. The third-order valence-corrected chi connectivity index (χ3v) is 4.45. The number of halogens is 1. The van der Waals surface area contributed by atoms with Crippen LogP contribution in [-0.2, 0) is 16.3 Å². The summed E-state index contributed by atoms with van der Waals surface area (Å²) in [7, 11) is -4.44. The summed E-state index contributed by atoms with van der Waals surface area (Å²) in [5.41, 5.74) is 0. The van der Waals surface area contributed by atoms with Crippen LogP contribution in [0, 0.1) is 3.57 Å². The highest BCUT2D eigenvalue weighted by Gasteiger charge is 2.17. The van der Waals surface area contributed by atoms with Gasteiger partial charge in [0.1, 0.15) is 4.90 Å². The summed E-state index contributed by atoms with van der Waals surface area (Å²) >= 11 is -3.87. The van der Waals surface area contributed by atoms with Crippen molar-refractivity contribution in [2.45, 2.75) is 4.90 Å². The number of hydrogen-bond donors (Lipinski definition) is 1. The SMILES string of the molecule is O=I(=O)c1ccccc1S(=O)(=O)O. The Labute approximate surface area is 81.7 Å². The molecule has 1 N–H and O–H groups in total. The molecule has 7 heteroatoms. The smallest absolute Gasteiger partial charge is 0.282 e. The van der Waals surface area contributed by atoms with E-state index in [9.17, 15) is 14.6 Å². The lowest BCUT2D eigenvalue weighted by Crippen LogP contribution is -2.00. The van der Waals surface area contributed by atoms with Gasteiger partial charge in [0.05, 0.1) is 3.57 Å². The molecule has 72 valence electrons. The predicted molar refractivity (Wildman–Crippen MR) is 50.3 cm³/mol. The van der Waals surface area contributed by atoms with E-state index in [0.717, 1.165) is 12.1 Å². The Morgan fingerprint density at radius 3 is 2.08 bits per heavy atom. The van der Waals surface area contributed by atoms with E-state index in [1.807, 2.05) is 0 Å². The third kappa shape index (κ3) is 2.45. The molecule has 0 bridgehead atoms. The van der Waals surface area contributed by atoms with E-state index in [2.05, 4.69) is 0 Å². The molecular weight excluding hydrogens is 311 g/mol. The average Bonchev–Trinajstić information content (AvgIpc) is 2.03. The second kappa shape index (κ2) is 3.68. The minimum Gasteiger partial charge on any atom is -0.282 e. The number of benzene rings is 1. The molecule has 0 heterocycles. The highest BCUT2D eigenvalue weighted by atomic mass is 127. The van der Waals surface area contributed by atoms with Gasteiger partial charge in [-0.15, -0.1) is 0 Å². The van der Waals surface area contributed by atoms with Crippen molar-refractivity contribution < 1.29 is 19.1 Å². The van der Waals surface area contributed by atoms with E-state index < -0.39 is 34.8 Å². The van der Waals surface area contributed by atoms with Crippen LogP contribution in [-0.4, -0.2) is 13.0 Å². The lowest BCUT2D eigenvalue weighted by Gasteiger charge is -1.97. The van der Waals surface area contributed by atoms with Crippen LogP contribution < -0.4 is 0 Å². The summed E-state index contributed by atoms with van der Waals surface area (Å²) in [6.45, 7) is 0. The zero-order valence-corrected chi connectivity index (χ0v) is 9.15. The van der Waals surface area contributed by atoms with Crippen LogP contribution in [0.25, 0.3) is 0 Å². The molecule has 0 radical (unpaired) electrons. The van der Waals surface area contributed by atoms with Gasteiger partial charge < -0.3 is 0 Å². The predicted octanol–water partition coefficient (Wildman–Crippen LogP) is 1.30. The van der Waals surface area contributed by atoms with Crippen LogP contribution >= 0.6 is 19.8 Å². The third-order valence-electron chi connectivity index (χ3n) is 1.28. The van der Waals surface area contributed by atoms with Crippen molar-refractivity contribution in [2.75, 3.05) is 0 Å². The van der Waals surface area contributed by atoms with Crippen LogP contribution in [0.4, 0.5) is 0 Å². The van der Waals surface area contributed by atoms with E-state index in [0.29, 0.717) is 0 Å².